The molecule has 0 bridgehead atoms. The summed E-state index contributed by atoms with van der Waals surface area (Å²) in [6, 6.07) is 12.3. The first-order valence-electron chi connectivity index (χ1n) is 6.36. The van der Waals surface area contributed by atoms with E-state index in [4.69, 9.17) is 16.6 Å². The van der Waals surface area contributed by atoms with E-state index in [9.17, 15) is 0 Å². The minimum atomic E-state index is 0.747. The van der Waals surface area contributed by atoms with E-state index in [-0.39, 0.29) is 0 Å². The van der Waals surface area contributed by atoms with Crippen LogP contribution >= 0.6 is 11.6 Å². The fourth-order valence-electron chi connectivity index (χ4n) is 2.00. The average Bonchev–Trinajstić information content (AvgIpc) is 2.36. The third kappa shape index (κ3) is 3.24. The number of hydrogen-bond acceptors (Lipinski definition) is 1. The van der Waals surface area contributed by atoms with Crippen molar-refractivity contribution in [1.29, 1.82) is 0 Å². The Morgan fingerprint density at radius 1 is 0.947 bits per heavy atom. The Bertz CT molecular complexity index is 642. The molecule has 0 aliphatic carbocycles. The smallest absolute Gasteiger partial charge is 0.0664 e. The molecule has 0 amide bonds. The van der Waals surface area contributed by atoms with E-state index in [1.807, 2.05) is 19.1 Å². The first-order valence-corrected chi connectivity index (χ1v) is 6.74. The lowest BCUT2D eigenvalue weighted by atomic mass is 10.1. The van der Waals surface area contributed by atoms with Crippen molar-refractivity contribution in [3.05, 3.63) is 63.7 Å². The van der Waals surface area contributed by atoms with Gasteiger partial charge in [-0.25, -0.2) is 0 Å². The molecule has 0 saturated carbocycles. The van der Waals surface area contributed by atoms with Gasteiger partial charge in [-0.3, -0.25) is 4.99 Å². The van der Waals surface area contributed by atoms with Gasteiger partial charge in [-0.2, -0.15) is 0 Å². The Hall–Kier alpha value is -1.60. The van der Waals surface area contributed by atoms with Crippen LogP contribution in [0, 0.1) is 20.8 Å². The summed E-state index contributed by atoms with van der Waals surface area (Å²) in [5, 5.41) is 0.747. The van der Waals surface area contributed by atoms with Gasteiger partial charge in [0, 0.05) is 16.3 Å². The molecular weight excluding hydrogens is 254 g/mol. The molecule has 98 valence electrons. The molecule has 2 heteroatoms. The fourth-order valence-corrected chi connectivity index (χ4v) is 2.25. The quantitative estimate of drug-likeness (QED) is 0.648. The van der Waals surface area contributed by atoms with Crippen molar-refractivity contribution in [1.82, 2.24) is 0 Å². The second kappa shape index (κ2) is 5.58. The van der Waals surface area contributed by atoms with Gasteiger partial charge in [-0.05, 0) is 57.0 Å². The summed E-state index contributed by atoms with van der Waals surface area (Å²) in [6.07, 6.45) is 0. The maximum Gasteiger partial charge on any atom is 0.0664 e. The highest BCUT2D eigenvalue weighted by molar-refractivity contribution is 6.34. The molecule has 2 rings (SSSR count). The standard InChI is InChI=1S/C17H18ClN/c1-11-6-8-16(18)15(9-11)14(4)19-17-10-12(2)5-7-13(17)3/h5-10H,1-4H3. The van der Waals surface area contributed by atoms with Crippen molar-refractivity contribution >= 4 is 23.0 Å². The second-order valence-corrected chi connectivity index (χ2v) is 5.38. The summed E-state index contributed by atoms with van der Waals surface area (Å²) in [5.41, 5.74) is 6.54. The number of hydrogen-bond donors (Lipinski definition) is 0. The SMILES string of the molecule is CC(=Nc1cc(C)ccc1C)c1cc(C)ccc1Cl. The average molecular weight is 272 g/mol. The zero-order chi connectivity index (χ0) is 14.0. The summed E-state index contributed by atoms with van der Waals surface area (Å²) in [6.45, 7) is 8.21. The van der Waals surface area contributed by atoms with E-state index in [1.165, 1.54) is 16.7 Å². The lowest BCUT2D eigenvalue weighted by Gasteiger charge is -2.07. The van der Waals surface area contributed by atoms with Crippen molar-refractivity contribution in [3.8, 4) is 0 Å². The normalized spacial score (nSPS) is 11.7. The number of nitrogens with zero attached hydrogens (tertiary/aromatic N) is 1. The monoisotopic (exact) mass is 271 g/mol. The predicted molar refractivity (Wildman–Crippen MR) is 84.0 cm³/mol. The van der Waals surface area contributed by atoms with E-state index in [0.717, 1.165) is 22.0 Å². The van der Waals surface area contributed by atoms with Crippen molar-refractivity contribution in [3.63, 3.8) is 0 Å². The molecule has 1 nitrogen and oxygen atoms in total. The molecule has 2 aromatic carbocycles. The number of aliphatic imine (C=N–C) groups is 1. The van der Waals surface area contributed by atoms with Crippen molar-refractivity contribution in [2.45, 2.75) is 27.7 Å². The van der Waals surface area contributed by atoms with E-state index in [2.05, 4.69) is 45.0 Å². The van der Waals surface area contributed by atoms with E-state index in [0.29, 0.717) is 0 Å². The molecule has 0 unspecified atom stereocenters. The third-order valence-electron chi connectivity index (χ3n) is 3.16. The molecule has 0 heterocycles. The Labute approximate surface area is 120 Å². The van der Waals surface area contributed by atoms with Gasteiger partial charge in [0.2, 0.25) is 0 Å². The van der Waals surface area contributed by atoms with Gasteiger partial charge >= 0.3 is 0 Å². The largest absolute Gasteiger partial charge is 0.253 e. The fraction of sp³-hybridized carbons (Fsp3) is 0.235. The van der Waals surface area contributed by atoms with Crippen LogP contribution < -0.4 is 0 Å². The Morgan fingerprint density at radius 2 is 1.58 bits per heavy atom. The third-order valence-corrected chi connectivity index (χ3v) is 3.49. The van der Waals surface area contributed by atoms with E-state index >= 15 is 0 Å². The van der Waals surface area contributed by atoms with Crippen LogP contribution in [0.1, 0.15) is 29.2 Å². The molecule has 0 aliphatic heterocycles. The van der Waals surface area contributed by atoms with Gasteiger partial charge in [-0.15, -0.1) is 0 Å². The maximum atomic E-state index is 6.25. The van der Waals surface area contributed by atoms with Gasteiger partial charge in [-0.1, -0.05) is 35.4 Å². The van der Waals surface area contributed by atoms with Gasteiger partial charge in [0.15, 0.2) is 0 Å². The molecule has 0 spiro atoms. The lowest BCUT2D eigenvalue weighted by Crippen LogP contribution is -1.96. The zero-order valence-corrected chi connectivity index (χ0v) is 12.5. The van der Waals surface area contributed by atoms with Gasteiger partial charge in [0.1, 0.15) is 0 Å². The molecule has 0 N–H and O–H groups in total. The first kappa shape index (κ1) is 13.8. The minimum absolute atomic E-state index is 0.747. The van der Waals surface area contributed by atoms with Gasteiger partial charge < -0.3 is 0 Å². The van der Waals surface area contributed by atoms with Crippen LogP contribution in [-0.2, 0) is 0 Å². The summed E-state index contributed by atoms with van der Waals surface area (Å²) in [4.78, 5) is 4.72. The van der Waals surface area contributed by atoms with Crippen LogP contribution in [0.25, 0.3) is 0 Å². The maximum absolute atomic E-state index is 6.25. The number of halogens is 1. The molecule has 0 radical (unpaired) electrons. The van der Waals surface area contributed by atoms with Crippen LogP contribution in [0.5, 0.6) is 0 Å². The van der Waals surface area contributed by atoms with E-state index < -0.39 is 0 Å². The molecule has 0 saturated heterocycles. The van der Waals surface area contributed by atoms with Gasteiger partial charge in [0.25, 0.3) is 0 Å². The predicted octanol–water partition coefficient (Wildman–Crippen LogP) is 5.41. The minimum Gasteiger partial charge on any atom is -0.253 e. The summed E-state index contributed by atoms with van der Waals surface area (Å²) < 4.78 is 0. The van der Waals surface area contributed by atoms with Crippen LogP contribution in [0.15, 0.2) is 41.4 Å². The van der Waals surface area contributed by atoms with Gasteiger partial charge in [0.05, 0.1) is 5.69 Å². The zero-order valence-electron chi connectivity index (χ0n) is 11.8. The topological polar surface area (TPSA) is 12.4 Å². The Balaban J connectivity index is 2.48. The Kier molecular flexibility index (Phi) is 4.06. The molecule has 0 fully saturated rings. The highest BCUT2D eigenvalue weighted by Crippen LogP contribution is 2.24. The van der Waals surface area contributed by atoms with Crippen LogP contribution in [0.2, 0.25) is 5.02 Å². The van der Waals surface area contributed by atoms with E-state index in [1.54, 1.807) is 0 Å². The molecule has 0 atom stereocenters. The molecule has 0 aliphatic rings. The number of rotatable bonds is 2. The second-order valence-electron chi connectivity index (χ2n) is 4.97. The summed E-state index contributed by atoms with van der Waals surface area (Å²) in [7, 11) is 0. The first-order chi connectivity index (χ1) is 8.97. The molecule has 2 aromatic rings. The highest BCUT2D eigenvalue weighted by atomic mass is 35.5. The van der Waals surface area contributed by atoms with Crippen LogP contribution in [0.4, 0.5) is 5.69 Å². The van der Waals surface area contributed by atoms with Crippen molar-refractivity contribution in [2.24, 2.45) is 4.99 Å². The summed E-state index contributed by atoms with van der Waals surface area (Å²) in [5.74, 6) is 0. The number of benzene rings is 2. The highest BCUT2D eigenvalue weighted by Gasteiger charge is 2.05. The molecular formula is C17H18ClN. The van der Waals surface area contributed by atoms with Crippen LogP contribution in [0.3, 0.4) is 0 Å². The Morgan fingerprint density at radius 3 is 2.32 bits per heavy atom. The van der Waals surface area contributed by atoms with Crippen molar-refractivity contribution < 1.29 is 0 Å². The van der Waals surface area contributed by atoms with Crippen molar-refractivity contribution in [2.75, 3.05) is 0 Å². The molecule has 19 heavy (non-hydrogen) atoms. The lowest BCUT2D eigenvalue weighted by molar-refractivity contribution is 1.34. The molecule has 0 aromatic heterocycles. The van der Waals surface area contributed by atoms with Crippen LogP contribution in [-0.4, -0.2) is 5.71 Å². The summed E-state index contributed by atoms with van der Waals surface area (Å²) >= 11 is 6.25. The number of aryl methyl sites for hydroxylation is 3.